The molecule has 6 heteroatoms. The zero-order chi connectivity index (χ0) is 17.1. The highest BCUT2D eigenvalue weighted by Gasteiger charge is 2.24. The van der Waals surface area contributed by atoms with Crippen LogP contribution in [-0.4, -0.2) is 34.1 Å². The van der Waals surface area contributed by atoms with E-state index >= 15 is 0 Å². The Bertz CT molecular complexity index is 780. The SMILES string of the molecule is Cc1cc(NC2CCCN(c3nc(C)cc(C)c3C#N)C2)ncn1. The predicted molar refractivity (Wildman–Crippen MR) is 94.1 cm³/mol. The highest BCUT2D eigenvalue weighted by Crippen LogP contribution is 2.25. The number of nitrogens with zero attached hydrogens (tertiary/aromatic N) is 5. The Morgan fingerprint density at radius 1 is 1.21 bits per heavy atom. The van der Waals surface area contributed by atoms with E-state index in [1.807, 2.05) is 32.9 Å². The molecule has 1 aliphatic heterocycles. The first-order valence-electron chi connectivity index (χ1n) is 8.25. The van der Waals surface area contributed by atoms with Gasteiger partial charge >= 0.3 is 0 Å². The molecule has 24 heavy (non-hydrogen) atoms. The summed E-state index contributed by atoms with van der Waals surface area (Å²) in [5, 5.41) is 13.0. The smallest absolute Gasteiger partial charge is 0.147 e. The third-order valence-corrected chi connectivity index (χ3v) is 4.31. The van der Waals surface area contributed by atoms with Gasteiger partial charge in [-0.15, -0.1) is 0 Å². The highest BCUT2D eigenvalue weighted by atomic mass is 15.2. The molecule has 1 N–H and O–H groups in total. The maximum Gasteiger partial charge on any atom is 0.147 e. The third-order valence-electron chi connectivity index (χ3n) is 4.31. The van der Waals surface area contributed by atoms with Crippen molar-refractivity contribution in [1.29, 1.82) is 5.26 Å². The number of nitrogens with one attached hydrogen (secondary N) is 1. The van der Waals surface area contributed by atoms with E-state index in [1.54, 1.807) is 6.33 Å². The minimum Gasteiger partial charge on any atom is -0.365 e. The van der Waals surface area contributed by atoms with Crippen LogP contribution in [0.4, 0.5) is 11.6 Å². The Hall–Kier alpha value is -2.68. The van der Waals surface area contributed by atoms with E-state index in [4.69, 9.17) is 0 Å². The summed E-state index contributed by atoms with van der Waals surface area (Å²) in [5.41, 5.74) is 3.56. The second-order valence-electron chi connectivity index (χ2n) is 6.37. The fraction of sp³-hybridized carbons (Fsp3) is 0.444. The molecular formula is C18H22N6. The average Bonchev–Trinajstić information content (AvgIpc) is 2.54. The van der Waals surface area contributed by atoms with Gasteiger partial charge in [-0.2, -0.15) is 5.26 Å². The first kappa shape index (κ1) is 16.2. The third kappa shape index (κ3) is 3.46. The second-order valence-corrected chi connectivity index (χ2v) is 6.37. The molecule has 2 aromatic rings. The molecule has 0 aliphatic carbocycles. The van der Waals surface area contributed by atoms with E-state index in [0.717, 1.165) is 54.5 Å². The summed E-state index contributed by atoms with van der Waals surface area (Å²) < 4.78 is 0. The molecule has 1 saturated heterocycles. The summed E-state index contributed by atoms with van der Waals surface area (Å²) in [7, 11) is 0. The summed E-state index contributed by atoms with van der Waals surface area (Å²) >= 11 is 0. The summed E-state index contributed by atoms with van der Waals surface area (Å²) in [6, 6.07) is 6.51. The normalized spacial score (nSPS) is 17.4. The molecule has 1 fully saturated rings. The molecule has 2 aromatic heterocycles. The zero-order valence-electron chi connectivity index (χ0n) is 14.4. The Morgan fingerprint density at radius 2 is 2.04 bits per heavy atom. The number of aryl methyl sites for hydroxylation is 3. The van der Waals surface area contributed by atoms with Crippen LogP contribution in [0.3, 0.4) is 0 Å². The Morgan fingerprint density at radius 3 is 2.79 bits per heavy atom. The van der Waals surface area contributed by atoms with Gasteiger partial charge in [0.05, 0.1) is 5.56 Å². The fourth-order valence-electron chi connectivity index (χ4n) is 3.21. The monoisotopic (exact) mass is 322 g/mol. The van der Waals surface area contributed by atoms with Crippen LogP contribution in [0.25, 0.3) is 0 Å². The van der Waals surface area contributed by atoms with Crippen molar-refractivity contribution in [2.45, 2.75) is 39.7 Å². The Balaban J connectivity index is 1.80. The van der Waals surface area contributed by atoms with Crippen molar-refractivity contribution in [3.05, 3.63) is 41.0 Å². The fourth-order valence-corrected chi connectivity index (χ4v) is 3.21. The van der Waals surface area contributed by atoms with Gasteiger partial charge in [-0.1, -0.05) is 0 Å². The highest BCUT2D eigenvalue weighted by molar-refractivity contribution is 5.58. The minimum absolute atomic E-state index is 0.280. The molecule has 1 aliphatic rings. The van der Waals surface area contributed by atoms with Crippen LogP contribution in [0.1, 0.15) is 35.4 Å². The zero-order valence-corrected chi connectivity index (χ0v) is 14.4. The van der Waals surface area contributed by atoms with Crippen LogP contribution in [-0.2, 0) is 0 Å². The minimum atomic E-state index is 0.280. The van der Waals surface area contributed by atoms with Gasteiger partial charge in [0.1, 0.15) is 24.0 Å². The van der Waals surface area contributed by atoms with E-state index in [1.165, 1.54) is 0 Å². The molecule has 6 nitrogen and oxygen atoms in total. The lowest BCUT2D eigenvalue weighted by Gasteiger charge is -2.35. The number of anilines is 2. The summed E-state index contributed by atoms with van der Waals surface area (Å²) in [5.74, 6) is 1.66. The van der Waals surface area contributed by atoms with Crippen LogP contribution in [0.5, 0.6) is 0 Å². The van der Waals surface area contributed by atoms with Crippen LogP contribution >= 0.6 is 0 Å². The molecular weight excluding hydrogens is 300 g/mol. The average molecular weight is 322 g/mol. The van der Waals surface area contributed by atoms with Crippen LogP contribution in [0, 0.1) is 32.1 Å². The standard InChI is InChI=1S/C18H22N6/c1-12-7-14(3)22-18(16(12)9-19)24-6-4-5-15(10-24)23-17-8-13(2)20-11-21-17/h7-8,11,15H,4-6,10H2,1-3H3,(H,20,21,23). The Labute approximate surface area is 142 Å². The predicted octanol–water partition coefficient (Wildman–Crippen LogP) is 2.75. The lowest BCUT2D eigenvalue weighted by molar-refractivity contribution is 0.525. The van der Waals surface area contributed by atoms with Gasteiger partial charge in [0.15, 0.2) is 0 Å². The molecule has 124 valence electrons. The molecule has 1 atom stereocenters. The largest absolute Gasteiger partial charge is 0.365 e. The number of pyridine rings is 1. The summed E-state index contributed by atoms with van der Waals surface area (Å²) in [6.45, 7) is 7.64. The van der Waals surface area contributed by atoms with Crippen molar-refractivity contribution >= 4 is 11.6 Å². The molecule has 0 spiro atoms. The molecule has 0 amide bonds. The van der Waals surface area contributed by atoms with Crippen molar-refractivity contribution < 1.29 is 0 Å². The van der Waals surface area contributed by atoms with Crippen molar-refractivity contribution in [3.8, 4) is 6.07 Å². The van der Waals surface area contributed by atoms with E-state index in [0.29, 0.717) is 5.56 Å². The molecule has 0 radical (unpaired) electrons. The van der Waals surface area contributed by atoms with Crippen LogP contribution in [0.2, 0.25) is 0 Å². The first-order chi connectivity index (χ1) is 11.6. The lowest BCUT2D eigenvalue weighted by atomic mass is 10.0. The number of nitriles is 1. The van der Waals surface area contributed by atoms with E-state index < -0.39 is 0 Å². The van der Waals surface area contributed by atoms with Crippen molar-refractivity contribution in [2.75, 3.05) is 23.3 Å². The van der Waals surface area contributed by atoms with Crippen LogP contribution in [0.15, 0.2) is 18.5 Å². The Kier molecular flexibility index (Phi) is 4.61. The van der Waals surface area contributed by atoms with Gasteiger partial charge in [-0.25, -0.2) is 15.0 Å². The van der Waals surface area contributed by atoms with Crippen molar-refractivity contribution in [2.24, 2.45) is 0 Å². The number of piperidine rings is 1. The van der Waals surface area contributed by atoms with Gasteiger partial charge in [0.25, 0.3) is 0 Å². The number of aromatic nitrogens is 3. The first-order valence-corrected chi connectivity index (χ1v) is 8.25. The summed E-state index contributed by atoms with van der Waals surface area (Å²) in [4.78, 5) is 15.3. The number of hydrogen-bond acceptors (Lipinski definition) is 6. The van der Waals surface area contributed by atoms with Crippen molar-refractivity contribution in [1.82, 2.24) is 15.0 Å². The van der Waals surface area contributed by atoms with Gasteiger partial charge in [-0.05, 0) is 45.2 Å². The quantitative estimate of drug-likeness (QED) is 0.936. The summed E-state index contributed by atoms with van der Waals surface area (Å²) in [6.07, 6.45) is 3.71. The van der Waals surface area contributed by atoms with Crippen molar-refractivity contribution in [3.63, 3.8) is 0 Å². The maximum absolute atomic E-state index is 9.50. The second kappa shape index (κ2) is 6.83. The lowest BCUT2D eigenvalue weighted by Crippen LogP contribution is -2.43. The molecule has 0 bridgehead atoms. The topological polar surface area (TPSA) is 77.7 Å². The molecule has 0 saturated carbocycles. The molecule has 3 rings (SSSR count). The van der Waals surface area contributed by atoms with Gasteiger partial charge in [0.2, 0.25) is 0 Å². The van der Waals surface area contributed by atoms with Gasteiger partial charge in [0, 0.05) is 36.6 Å². The van der Waals surface area contributed by atoms with E-state index in [2.05, 4.69) is 31.2 Å². The number of rotatable bonds is 3. The van der Waals surface area contributed by atoms with E-state index in [-0.39, 0.29) is 6.04 Å². The van der Waals surface area contributed by atoms with Gasteiger partial charge in [-0.3, -0.25) is 0 Å². The molecule has 1 unspecified atom stereocenters. The molecule has 0 aromatic carbocycles. The van der Waals surface area contributed by atoms with Crippen LogP contribution < -0.4 is 10.2 Å². The van der Waals surface area contributed by atoms with Gasteiger partial charge < -0.3 is 10.2 Å². The van der Waals surface area contributed by atoms with E-state index in [9.17, 15) is 5.26 Å². The number of hydrogen-bond donors (Lipinski definition) is 1. The maximum atomic E-state index is 9.50. The molecule has 3 heterocycles.